The fourth-order valence-corrected chi connectivity index (χ4v) is 2.39. The molecule has 0 unspecified atom stereocenters. The molecule has 0 aromatic heterocycles. The maximum absolute atomic E-state index is 11.9. The third kappa shape index (κ3) is 3.17. The van der Waals surface area contributed by atoms with Crippen LogP contribution in [0.15, 0.2) is 18.2 Å². The molecule has 1 saturated carbocycles. The number of phenols is 1. The summed E-state index contributed by atoms with van der Waals surface area (Å²) in [5.74, 6) is -0.0565. The summed E-state index contributed by atoms with van der Waals surface area (Å²) in [6.07, 6.45) is 3.44. The molecule has 1 aromatic rings. The van der Waals surface area contributed by atoms with E-state index in [2.05, 4.69) is 5.32 Å². The number of benzene rings is 1. The van der Waals surface area contributed by atoms with E-state index in [0.29, 0.717) is 11.3 Å². The quantitative estimate of drug-likeness (QED) is 0.769. The highest BCUT2D eigenvalue weighted by Crippen LogP contribution is 2.29. The summed E-state index contributed by atoms with van der Waals surface area (Å²) in [6.45, 7) is 0.249. The number of phenolic OH excluding ortho intramolecular Hbond substituents is 1. The van der Waals surface area contributed by atoms with Crippen molar-refractivity contribution in [3.05, 3.63) is 23.8 Å². The molecule has 19 heavy (non-hydrogen) atoms. The number of hydrogen-bond acceptors (Lipinski definition) is 4. The van der Waals surface area contributed by atoms with Gasteiger partial charge in [-0.15, -0.1) is 0 Å². The lowest BCUT2D eigenvalue weighted by Crippen LogP contribution is -2.40. The van der Waals surface area contributed by atoms with Gasteiger partial charge in [0, 0.05) is 12.1 Å². The van der Waals surface area contributed by atoms with Crippen molar-refractivity contribution in [3.63, 3.8) is 0 Å². The Morgan fingerprint density at radius 3 is 2.68 bits per heavy atom. The van der Waals surface area contributed by atoms with Gasteiger partial charge in [0.1, 0.15) is 0 Å². The van der Waals surface area contributed by atoms with Gasteiger partial charge in [-0.2, -0.15) is 0 Å². The van der Waals surface area contributed by atoms with E-state index in [-0.39, 0.29) is 18.2 Å². The van der Waals surface area contributed by atoms with E-state index in [9.17, 15) is 15.0 Å². The Hall–Kier alpha value is -1.75. The van der Waals surface area contributed by atoms with Crippen molar-refractivity contribution in [1.82, 2.24) is 5.32 Å². The fraction of sp³-hybridized carbons (Fsp3) is 0.500. The van der Waals surface area contributed by atoms with Crippen LogP contribution < -0.4 is 10.1 Å². The van der Waals surface area contributed by atoms with E-state index in [1.807, 2.05) is 0 Å². The molecule has 5 nitrogen and oxygen atoms in total. The van der Waals surface area contributed by atoms with Gasteiger partial charge in [0.25, 0.3) is 5.91 Å². The molecule has 1 fully saturated rings. The summed E-state index contributed by atoms with van der Waals surface area (Å²) in [7, 11) is 1.45. The van der Waals surface area contributed by atoms with Crippen molar-refractivity contribution in [2.75, 3.05) is 13.7 Å². The summed E-state index contributed by atoms with van der Waals surface area (Å²) in [4.78, 5) is 11.9. The summed E-state index contributed by atoms with van der Waals surface area (Å²) >= 11 is 0. The molecule has 1 aliphatic rings. The van der Waals surface area contributed by atoms with Gasteiger partial charge in [-0.3, -0.25) is 4.79 Å². The maximum atomic E-state index is 11.9. The van der Waals surface area contributed by atoms with Crippen LogP contribution in [0.5, 0.6) is 11.5 Å². The van der Waals surface area contributed by atoms with Gasteiger partial charge in [-0.1, -0.05) is 12.8 Å². The van der Waals surface area contributed by atoms with Crippen molar-refractivity contribution in [2.45, 2.75) is 31.3 Å². The first-order chi connectivity index (χ1) is 9.04. The molecule has 2 rings (SSSR count). The van der Waals surface area contributed by atoms with E-state index >= 15 is 0 Å². The number of aromatic hydroxyl groups is 1. The Balaban J connectivity index is 1.98. The molecule has 1 amide bonds. The van der Waals surface area contributed by atoms with E-state index in [4.69, 9.17) is 4.74 Å². The minimum absolute atomic E-state index is 0.0743. The average Bonchev–Trinajstić information content (AvgIpc) is 2.83. The predicted octanol–water partition coefficient (Wildman–Crippen LogP) is 1.44. The van der Waals surface area contributed by atoms with E-state index in [1.165, 1.54) is 19.2 Å². The number of aliphatic hydroxyl groups is 1. The van der Waals surface area contributed by atoms with Crippen LogP contribution in [0.2, 0.25) is 0 Å². The summed E-state index contributed by atoms with van der Waals surface area (Å²) < 4.78 is 4.92. The number of carbonyl (C=O) groups excluding carboxylic acids is 1. The highest BCUT2D eigenvalue weighted by atomic mass is 16.5. The van der Waals surface area contributed by atoms with E-state index in [0.717, 1.165) is 25.7 Å². The number of amides is 1. The zero-order valence-corrected chi connectivity index (χ0v) is 11.0. The molecule has 3 N–H and O–H groups in total. The van der Waals surface area contributed by atoms with Gasteiger partial charge in [0.05, 0.1) is 12.7 Å². The first-order valence-corrected chi connectivity index (χ1v) is 6.42. The molecule has 104 valence electrons. The van der Waals surface area contributed by atoms with E-state index < -0.39 is 5.60 Å². The van der Waals surface area contributed by atoms with Crippen molar-refractivity contribution in [1.29, 1.82) is 0 Å². The first kappa shape index (κ1) is 13.7. The molecule has 0 aliphatic heterocycles. The zero-order chi connectivity index (χ0) is 13.9. The second kappa shape index (κ2) is 5.48. The number of carbonyl (C=O) groups is 1. The van der Waals surface area contributed by atoms with Crippen LogP contribution in [0.1, 0.15) is 36.0 Å². The molecule has 0 radical (unpaired) electrons. The van der Waals surface area contributed by atoms with Gasteiger partial charge >= 0.3 is 0 Å². The minimum atomic E-state index is -0.774. The standard InChI is InChI=1S/C14H19NO4/c1-19-12-5-4-10(8-11(12)16)13(17)15-9-14(18)6-2-3-7-14/h4-5,8,16,18H,2-3,6-7,9H2,1H3,(H,15,17). The average molecular weight is 265 g/mol. The normalized spacial score (nSPS) is 17.2. The molecule has 0 heterocycles. The Morgan fingerprint density at radius 1 is 1.42 bits per heavy atom. The molecular weight excluding hydrogens is 246 g/mol. The van der Waals surface area contributed by atoms with Crippen LogP contribution in [-0.2, 0) is 0 Å². The van der Waals surface area contributed by atoms with Crippen molar-refractivity contribution in [2.24, 2.45) is 0 Å². The number of rotatable bonds is 4. The second-order valence-electron chi connectivity index (χ2n) is 5.00. The van der Waals surface area contributed by atoms with Gasteiger partial charge < -0.3 is 20.3 Å². The Labute approximate surface area is 112 Å². The predicted molar refractivity (Wildman–Crippen MR) is 70.4 cm³/mol. The van der Waals surface area contributed by atoms with E-state index in [1.54, 1.807) is 6.07 Å². The smallest absolute Gasteiger partial charge is 0.251 e. The molecule has 5 heteroatoms. The van der Waals surface area contributed by atoms with Crippen LogP contribution in [0.4, 0.5) is 0 Å². The second-order valence-corrected chi connectivity index (χ2v) is 5.00. The molecule has 0 spiro atoms. The molecule has 1 aliphatic carbocycles. The van der Waals surface area contributed by atoms with Crippen LogP contribution in [0.3, 0.4) is 0 Å². The number of ether oxygens (including phenoxy) is 1. The lowest BCUT2D eigenvalue weighted by Gasteiger charge is -2.22. The lowest BCUT2D eigenvalue weighted by atomic mass is 10.0. The van der Waals surface area contributed by atoms with Crippen LogP contribution in [-0.4, -0.2) is 35.4 Å². The molecule has 0 atom stereocenters. The third-order valence-electron chi connectivity index (χ3n) is 3.55. The van der Waals surface area contributed by atoms with Crippen LogP contribution in [0.25, 0.3) is 0 Å². The SMILES string of the molecule is COc1ccc(C(=O)NCC2(O)CCCC2)cc1O. The Bertz CT molecular complexity index is 467. The Morgan fingerprint density at radius 2 is 2.11 bits per heavy atom. The van der Waals surface area contributed by atoms with Gasteiger partial charge in [0.2, 0.25) is 0 Å². The summed E-state index contributed by atoms with van der Waals surface area (Å²) in [5, 5.41) is 22.5. The molecule has 1 aromatic carbocycles. The van der Waals surface area contributed by atoms with Crippen molar-refractivity contribution in [3.8, 4) is 11.5 Å². The van der Waals surface area contributed by atoms with Crippen molar-refractivity contribution < 1.29 is 19.7 Å². The van der Waals surface area contributed by atoms with Crippen LogP contribution >= 0.6 is 0 Å². The van der Waals surface area contributed by atoms with Gasteiger partial charge in [-0.25, -0.2) is 0 Å². The minimum Gasteiger partial charge on any atom is -0.504 e. The number of nitrogens with one attached hydrogen (secondary N) is 1. The van der Waals surface area contributed by atoms with Crippen molar-refractivity contribution >= 4 is 5.91 Å². The number of methoxy groups -OCH3 is 1. The highest BCUT2D eigenvalue weighted by molar-refractivity contribution is 5.94. The molecular formula is C14H19NO4. The third-order valence-corrected chi connectivity index (χ3v) is 3.55. The Kier molecular flexibility index (Phi) is 3.95. The monoisotopic (exact) mass is 265 g/mol. The fourth-order valence-electron chi connectivity index (χ4n) is 2.39. The summed E-state index contributed by atoms with van der Waals surface area (Å²) in [6, 6.07) is 4.47. The first-order valence-electron chi connectivity index (χ1n) is 6.42. The highest BCUT2D eigenvalue weighted by Gasteiger charge is 2.31. The zero-order valence-electron chi connectivity index (χ0n) is 11.0. The molecule has 0 saturated heterocycles. The summed E-state index contributed by atoms with van der Waals surface area (Å²) in [5.41, 5.74) is -0.427. The van der Waals surface area contributed by atoms with Gasteiger partial charge in [-0.05, 0) is 31.0 Å². The molecule has 0 bridgehead atoms. The lowest BCUT2D eigenvalue weighted by molar-refractivity contribution is 0.0449. The maximum Gasteiger partial charge on any atom is 0.251 e. The van der Waals surface area contributed by atoms with Gasteiger partial charge in [0.15, 0.2) is 11.5 Å². The topological polar surface area (TPSA) is 78.8 Å². The largest absolute Gasteiger partial charge is 0.504 e. The number of hydrogen-bond donors (Lipinski definition) is 3. The van der Waals surface area contributed by atoms with Crippen LogP contribution in [0, 0.1) is 0 Å².